The molecule has 0 unspecified atom stereocenters. The lowest BCUT2D eigenvalue weighted by atomic mass is 10.2. The Labute approximate surface area is 116 Å². The fraction of sp³-hybridized carbons (Fsp3) is 0.286. The zero-order valence-electron chi connectivity index (χ0n) is 10.3. The Morgan fingerprint density at radius 2 is 2.05 bits per heavy atom. The molecule has 0 spiro atoms. The summed E-state index contributed by atoms with van der Waals surface area (Å²) in [6.07, 6.45) is 5.68. The molecule has 2 aromatic rings. The summed E-state index contributed by atoms with van der Waals surface area (Å²) in [7, 11) is 0. The minimum Gasteiger partial charge on any atom is -0.437 e. The average molecular weight is 276 g/mol. The van der Waals surface area contributed by atoms with Gasteiger partial charge in [-0.3, -0.25) is 4.98 Å². The van der Waals surface area contributed by atoms with Gasteiger partial charge >= 0.3 is 0 Å². The number of benzene rings is 1. The molecule has 1 saturated heterocycles. The molecule has 0 radical (unpaired) electrons. The van der Waals surface area contributed by atoms with Crippen LogP contribution >= 0.6 is 11.6 Å². The number of rotatable bonds is 3. The molecule has 0 bridgehead atoms. The summed E-state index contributed by atoms with van der Waals surface area (Å²) in [5.74, 6) is 1.21. The van der Waals surface area contributed by atoms with Gasteiger partial charge in [0.15, 0.2) is 0 Å². The quantitative estimate of drug-likeness (QED) is 0.933. The molecule has 3 rings (SSSR count). The van der Waals surface area contributed by atoms with E-state index in [0.717, 1.165) is 18.7 Å². The molecule has 4 nitrogen and oxygen atoms in total. The lowest BCUT2D eigenvalue weighted by Gasteiger charge is -2.10. The Bertz CT molecular complexity index is 553. The van der Waals surface area contributed by atoms with Gasteiger partial charge in [0, 0.05) is 5.02 Å². The van der Waals surface area contributed by atoms with E-state index < -0.39 is 0 Å². The number of ether oxygens (including phenoxy) is 1. The highest BCUT2D eigenvalue weighted by Gasteiger charge is 2.18. The first-order chi connectivity index (χ1) is 9.31. The smallest absolute Gasteiger partial charge is 0.238 e. The predicted octanol–water partition coefficient (Wildman–Crippen LogP) is 3.35. The minimum absolute atomic E-state index is 0.293. The van der Waals surface area contributed by atoms with Crippen molar-refractivity contribution >= 4 is 11.6 Å². The van der Waals surface area contributed by atoms with Crippen LogP contribution in [-0.4, -0.2) is 16.5 Å². The monoisotopic (exact) mass is 275 g/mol. The standard InChI is InChI=1S/C14H14ClN3O/c15-10-3-5-11(6-4-10)19-14-9-16-8-13(18-14)12-2-1-7-17-12/h3-6,8-9,12,17H,1-2,7H2/t12-/m0/s1. The first-order valence-corrected chi connectivity index (χ1v) is 6.68. The third kappa shape index (κ3) is 3.03. The maximum Gasteiger partial charge on any atom is 0.238 e. The Morgan fingerprint density at radius 3 is 2.79 bits per heavy atom. The van der Waals surface area contributed by atoms with E-state index in [9.17, 15) is 0 Å². The lowest BCUT2D eigenvalue weighted by Crippen LogP contribution is -2.14. The molecule has 1 aromatic carbocycles. The summed E-state index contributed by atoms with van der Waals surface area (Å²) >= 11 is 5.83. The van der Waals surface area contributed by atoms with Crippen molar-refractivity contribution in [1.29, 1.82) is 0 Å². The van der Waals surface area contributed by atoms with E-state index in [1.807, 2.05) is 12.1 Å². The highest BCUT2D eigenvalue weighted by molar-refractivity contribution is 6.30. The second-order valence-corrected chi connectivity index (χ2v) is 4.92. The third-order valence-electron chi connectivity index (χ3n) is 3.08. The fourth-order valence-corrected chi connectivity index (χ4v) is 2.27. The van der Waals surface area contributed by atoms with E-state index in [1.54, 1.807) is 24.5 Å². The predicted molar refractivity (Wildman–Crippen MR) is 73.5 cm³/mol. The van der Waals surface area contributed by atoms with Crippen molar-refractivity contribution in [3.05, 3.63) is 47.4 Å². The Kier molecular flexibility index (Phi) is 3.62. The van der Waals surface area contributed by atoms with Gasteiger partial charge in [0.25, 0.3) is 0 Å². The molecule has 2 heterocycles. The molecular weight excluding hydrogens is 262 g/mol. The number of hydrogen-bond acceptors (Lipinski definition) is 4. The molecule has 0 saturated carbocycles. The van der Waals surface area contributed by atoms with Crippen LogP contribution in [0.15, 0.2) is 36.7 Å². The van der Waals surface area contributed by atoms with Crippen LogP contribution in [0.3, 0.4) is 0 Å². The molecule has 5 heteroatoms. The number of hydrogen-bond donors (Lipinski definition) is 1. The van der Waals surface area contributed by atoms with Gasteiger partial charge in [-0.2, -0.15) is 0 Å². The van der Waals surface area contributed by atoms with Crippen molar-refractivity contribution in [2.75, 3.05) is 6.54 Å². The molecule has 19 heavy (non-hydrogen) atoms. The minimum atomic E-state index is 0.293. The van der Waals surface area contributed by atoms with Gasteiger partial charge in [0.2, 0.25) is 5.88 Å². The van der Waals surface area contributed by atoms with Crippen molar-refractivity contribution in [3.63, 3.8) is 0 Å². The SMILES string of the molecule is Clc1ccc(Oc2cncc([C@@H]3CCCN3)n2)cc1. The first kappa shape index (κ1) is 12.4. The van der Waals surface area contributed by atoms with Gasteiger partial charge < -0.3 is 10.1 Å². The van der Waals surface area contributed by atoms with Crippen LogP contribution in [-0.2, 0) is 0 Å². The Balaban J connectivity index is 1.77. The van der Waals surface area contributed by atoms with E-state index in [4.69, 9.17) is 16.3 Å². The normalized spacial score (nSPS) is 18.5. The summed E-state index contributed by atoms with van der Waals surface area (Å²) in [6.45, 7) is 1.04. The largest absolute Gasteiger partial charge is 0.437 e. The summed E-state index contributed by atoms with van der Waals surface area (Å²) < 4.78 is 5.67. The second kappa shape index (κ2) is 5.55. The van der Waals surface area contributed by atoms with Gasteiger partial charge in [0.1, 0.15) is 5.75 Å². The number of aromatic nitrogens is 2. The molecule has 0 amide bonds. The van der Waals surface area contributed by atoms with Gasteiger partial charge in [0.05, 0.1) is 24.1 Å². The Hall–Kier alpha value is -1.65. The van der Waals surface area contributed by atoms with Crippen LogP contribution in [0.1, 0.15) is 24.6 Å². The number of nitrogens with one attached hydrogen (secondary N) is 1. The molecule has 1 aliphatic heterocycles. The maximum atomic E-state index is 5.83. The third-order valence-corrected chi connectivity index (χ3v) is 3.34. The highest BCUT2D eigenvalue weighted by Crippen LogP contribution is 2.25. The molecule has 1 aromatic heterocycles. The lowest BCUT2D eigenvalue weighted by molar-refractivity contribution is 0.453. The highest BCUT2D eigenvalue weighted by atomic mass is 35.5. The van der Waals surface area contributed by atoms with Crippen molar-refractivity contribution < 1.29 is 4.74 Å². The molecule has 1 fully saturated rings. The van der Waals surface area contributed by atoms with E-state index >= 15 is 0 Å². The van der Waals surface area contributed by atoms with Crippen molar-refractivity contribution in [3.8, 4) is 11.6 Å². The molecule has 1 atom stereocenters. The summed E-state index contributed by atoms with van der Waals surface area (Å²) in [5, 5.41) is 4.08. The number of nitrogens with zero attached hydrogens (tertiary/aromatic N) is 2. The van der Waals surface area contributed by atoms with Crippen LogP contribution in [0, 0.1) is 0 Å². The van der Waals surface area contributed by atoms with Gasteiger partial charge in [-0.1, -0.05) is 11.6 Å². The molecule has 98 valence electrons. The Morgan fingerprint density at radius 1 is 1.21 bits per heavy atom. The van der Waals surface area contributed by atoms with Crippen LogP contribution in [0.2, 0.25) is 5.02 Å². The van der Waals surface area contributed by atoms with Crippen molar-refractivity contribution in [1.82, 2.24) is 15.3 Å². The molecule has 1 N–H and O–H groups in total. The summed E-state index contributed by atoms with van der Waals surface area (Å²) in [6, 6.07) is 7.48. The van der Waals surface area contributed by atoms with E-state index in [1.165, 1.54) is 6.42 Å². The van der Waals surface area contributed by atoms with Crippen molar-refractivity contribution in [2.24, 2.45) is 0 Å². The van der Waals surface area contributed by atoms with Crippen LogP contribution < -0.4 is 10.1 Å². The van der Waals surface area contributed by atoms with Gasteiger partial charge in [-0.25, -0.2) is 4.98 Å². The zero-order chi connectivity index (χ0) is 13.1. The second-order valence-electron chi connectivity index (χ2n) is 4.49. The van der Waals surface area contributed by atoms with E-state index in [2.05, 4.69) is 15.3 Å². The van der Waals surface area contributed by atoms with Crippen molar-refractivity contribution in [2.45, 2.75) is 18.9 Å². The molecular formula is C14H14ClN3O. The van der Waals surface area contributed by atoms with Crippen LogP contribution in [0.25, 0.3) is 0 Å². The summed E-state index contributed by atoms with van der Waals surface area (Å²) in [5.41, 5.74) is 0.934. The zero-order valence-corrected chi connectivity index (χ0v) is 11.1. The number of halogens is 1. The molecule has 0 aliphatic carbocycles. The topological polar surface area (TPSA) is 47.0 Å². The summed E-state index contributed by atoms with van der Waals surface area (Å²) in [4.78, 5) is 8.68. The average Bonchev–Trinajstić information content (AvgIpc) is 2.96. The van der Waals surface area contributed by atoms with Crippen LogP contribution in [0.4, 0.5) is 0 Å². The first-order valence-electron chi connectivity index (χ1n) is 6.30. The maximum absolute atomic E-state index is 5.83. The van der Waals surface area contributed by atoms with Gasteiger partial charge in [-0.15, -0.1) is 0 Å². The fourth-order valence-electron chi connectivity index (χ4n) is 2.14. The van der Waals surface area contributed by atoms with E-state index in [0.29, 0.717) is 22.7 Å². The van der Waals surface area contributed by atoms with Gasteiger partial charge in [-0.05, 0) is 43.7 Å². The van der Waals surface area contributed by atoms with E-state index in [-0.39, 0.29) is 0 Å². The van der Waals surface area contributed by atoms with Crippen LogP contribution in [0.5, 0.6) is 11.6 Å². The molecule has 1 aliphatic rings.